The van der Waals surface area contributed by atoms with Gasteiger partial charge in [0.15, 0.2) is 0 Å². The van der Waals surface area contributed by atoms with Gasteiger partial charge in [0.2, 0.25) is 0 Å². The second-order valence-corrected chi connectivity index (χ2v) is 5.99. The highest BCUT2D eigenvalue weighted by molar-refractivity contribution is 5.87. The van der Waals surface area contributed by atoms with Gasteiger partial charge in [0.05, 0.1) is 13.2 Å². The fourth-order valence-corrected chi connectivity index (χ4v) is 3.45. The summed E-state index contributed by atoms with van der Waals surface area (Å²) in [7, 11) is 1.39. The molecule has 4 nitrogen and oxygen atoms in total. The van der Waals surface area contributed by atoms with E-state index in [1.807, 2.05) is 24.3 Å². The maximum atomic E-state index is 13.3. The number of carbonyl (C=O) groups excluding carboxylic acids is 1. The summed E-state index contributed by atoms with van der Waals surface area (Å²) in [6, 6.07) is 13.7. The minimum atomic E-state index is -0.434. The Morgan fingerprint density at radius 2 is 1.92 bits per heavy atom. The molecule has 0 unspecified atom stereocenters. The number of H-pyrrole nitrogens is 1. The van der Waals surface area contributed by atoms with E-state index in [0.29, 0.717) is 6.42 Å². The lowest BCUT2D eigenvalue weighted by molar-refractivity contribution is -0.143. The van der Waals surface area contributed by atoms with Crippen molar-refractivity contribution in [3.05, 3.63) is 71.2 Å². The molecule has 2 N–H and O–H groups in total. The summed E-state index contributed by atoms with van der Waals surface area (Å²) in [5, 5.41) is 4.44. The van der Waals surface area contributed by atoms with Crippen LogP contribution in [0.25, 0.3) is 10.9 Å². The normalized spacial score (nSPS) is 19.9. The van der Waals surface area contributed by atoms with Crippen LogP contribution in [0.1, 0.15) is 22.9 Å². The molecule has 0 spiro atoms. The molecule has 0 amide bonds. The fourth-order valence-electron chi connectivity index (χ4n) is 3.45. The molecule has 4 rings (SSSR count). The summed E-state index contributed by atoms with van der Waals surface area (Å²) in [4.78, 5) is 15.6. The van der Waals surface area contributed by atoms with Crippen LogP contribution in [0.2, 0.25) is 0 Å². The third-order valence-corrected chi connectivity index (χ3v) is 4.60. The maximum absolute atomic E-state index is 13.3. The highest BCUT2D eigenvalue weighted by atomic mass is 19.1. The van der Waals surface area contributed by atoms with Gasteiger partial charge in [-0.1, -0.05) is 30.3 Å². The van der Waals surface area contributed by atoms with Crippen LogP contribution in [-0.4, -0.2) is 24.1 Å². The molecule has 0 saturated heterocycles. The Morgan fingerprint density at radius 1 is 1.17 bits per heavy atom. The van der Waals surface area contributed by atoms with Gasteiger partial charge in [-0.05, 0) is 29.3 Å². The molecular weight excluding hydrogens is 307 g/mol. The van der Waals surface area contributed by atoms with Gasteiger partial charge in [-0.25, -0.2) is 4.39 Å². The number of ether oxygens (including phenoxy) is 1. The highest BCUT2D eigenvalue weighted by Gasteiger charge is 2.34. The Labute approximate surface area is 138 Å². The minimum Gasteiger partial charge on any atom is -0.468 e. The number of hydrogen-bond acceptors (Lipinski definition) is 3. The second-order valence-electron chi connectivity index (χ2n) is 5.99. The maximum Gasteiger partial charge on any atom is 0.323 e. The van der Waals surface area contributed by atoms with Gasteiger partial charge in [0.25, 0.3) is 0 Å². The van der Waals surface area contributed by atoms with Crippen molar-refractivity contribution in [3.63, 3.8) is 0 Å². The number of carbonyl (C=O) groups is 1. The van der Waals surface area contributed by atoms with Crippen LogP contribution in [0.15, 0.2) is 48.5 Å². The zero-order valence-corrected chi connectivity index (χ0v) is 13.2. The minimum absolute atomic E-state index is 0.217. The van der Waals surface area contributed by atoms with E-state index in [1.54, 1.807) is 12.1 Å². The average molecular weight is 324 g/mol. The molecule has 0 fully saturated rings. The number of para-hydroxylation sites is 1. The van der Waals surface area contributed by atoms with Crippen molar-refractivity contribution in [2.75, 3.05) is 7.11 Å². The van der Waals surface area contributed by atoms with Crippen molar-refractivity contribution < 1.29 is 13.9 Å². The number of methoxy groups -OCH3 is 1. The average Bonchev–Trinajstić information content (AvgIpc) is 2.99. The van der Waals surface area contributed by atoms with E-state index in [1.165, 1.54) is 19.2 Å². The Kier molecular flexibility index (Phi) is 3.58. The summed E-state index contributed by atoms with van der Waals surface area (Å²) >= 11 is 0. The smallest absolute Gasteiger partial charge is 0.323 e. The first-order valence-electron chi connectivity index (χ1n) is 7.86. The molecule has 1 aliphatic heterocycles. The molecule has 1 aromatic heterocycles. The summed E-state index contributed by atoms with van der Waals surface area (Å²) in [6.45, 7) is 0. The third-order valence-electron chi connectivity index (χ3n) is 4.60. The number of rotatable bonds is 2. The molecule has 2 heterocycles. The number of hydrogen-bond donors (Lipinski definition) is 2. The summed E-state index contributed by atoms with van der Waals surface area (Å²) in [6.07, 6.45) is 0.559. The molecule has 0 saturated carbocycles. The van der Waals surface area contributed by atoms with Crippen LogP contribution >= 0.6 is 0 Å². The van der Waals surface area contributed by atoms with Crippen LogP contribution in [0, 0.1) is 5.82 Å². The van der Waals surface area contributed by atoms with Crippen LogP contribution < -0.4 is 5.32 Å². The third kappa shape index (κ3) is 2.37. The van der Waals surface area contributed by atoms with Crippen LogP contribution in [0.3, 0.4) is 0 Å². The van der Waals surface area contributed by atoms with Crippen molar-refractivity contribution in [2.24, 2.45) is 0 Å². The fraction of sp³-hybridized carbons (Fsp3) is 0.211. The molecule has 0 aliphatic carbocycles. The molecule has 0 bridgehead atoms. The zero-order valence-electron chi connectivity index (χ0n) is 13.2. The van der Waals surface area contributed by atoms with Gasteiger partial charge in [-0.3, -0.25) is 10.1 Å². The van der Waals surface area contributed by atoms with E-state index in [4.69, 9.17) is 4.74 Å². The number of aromatic amines is 1. The predicted octanol–water partition coefficient (Wildman–Crippen LogP) is 3.08. The first kappa shape index (κ1) is 14.9. The number of nitrogens with one attached hydrogen (secondary N) is 2. The number of halogens is 1. The Morgan fingerprint density at radius 3 is 2.67 bits per heavy atom. The molecule has 2 atom stereocenters. The number of aromatic nitrogens is 1. The lowest BCUT2D eigenvalue weighted by atomic mass is 9.90. The van der Waals surface area contributed by atoms with E-state index in [2.05, 4.69) is 10.3 Å². The molecule has 24 heavy (non-hydrogen) atoms. The molecule has 3 aromatic rings. The van der Waals surface area contributed by atoms with Gasteiger partial charge < -0.3 is 9.72 Å². The molecule has 0 radical (unpaired) electrons. The van der Waals surface area contributed by atoms with Gasteiger partial charge in [0.1, 0.15) is 11.9 Å². The van der Waals surface area contributed by atoms with Gasteiger partial charge in [-0.15, -0.1) is 0 Å². The Bertz CT molecular complexity index is 901. The summed E-state index contributed by atoms with van der Waals surface area (Å²) in [5.41, 5.74) is 4.05. The summed E-state index contributed by atoms with van der Waals surface area (Å²) in [5.74, 6) is -0.575. The molecule has 2 aromatic carbocycles. The van der Waals surface area contributed by atoms with Crippen molar-refractivity contribution in [1.82, 2.24) is 10.3 Å². The van der Waals surface area contributed by atoms with Crippen molar-refractivity contribution in [1.29, 1.82) is 0 Å². The number of esters is 1. The first-order chi connectivity index (χ1) is 11.7. The Balaban J connectivity index is 1.86. The van der Waals surface area contributed by atoms with Crippen LogP contribution in [0.5, 0.6) is 0 Å². The molecular formula is C19H17FN2O2. The van der Waals surface area contributed by atoms with Crippen molar-refractivity contribution in [3.8, 4) is 0 Å². The van der Waals surface area contributed by atoms with Gasteiger partial charge in [-0.2, -0.15) is 0 Å². The molecule has 122 valence electrons. The van der Waals surface area contributed by atoms with E-state index >= 15 is 0 Å². The van der Waals surface area contributed by atoms with Gasteiger partial charge >= 0.3 is 5.97 Å². The standard InChI is InChI=1S/C19H17FN2O2/c1-24-19(23)16-10-14-13-4-2-3-5-15(13)21-18(14)17(22-16)11-6-8-12(20)9-7-11/h2-9,16-17,21-22H,10H2,1H3/t16-,17+/m1/s1. The predicted molar refractivity (Wildman–Crippen MR) is 89.2 cm³/mol. The van der Waals surface area contributed by atoms with E-state index in [-0.39, 0.29) is 17.8 Å². The number of fused-ring (bicyclic) bond motifs is 3. The lowest BCUT2D eigenvalue weighted by Gasteiger charge is -2.30. The lowest BCUT2D eigenvalue weighted by Crippen LogP contribution is -2.45. The van der Waals surface area contributed by atoms with E-state index < -0.39 is 6.04 Å². The van der Waals surface area contributed by atoms with Gasteiger partial charge in [0, 0.05) is 23.0 Å². The molecule has 1 aliphatic rings. The summed E-state index contributed by atoms with van der Waals surface area (Å²) < 4.78 is 18.2. The largest absolute Gasteiger partial charge is 0.468 e. The zero-order chi connectivity index (χ0) is 16.7. The second kappa shape index (κ2) is 5.76. The quantitative estimate of drug-likeness (QED) is 0.712. The topological polar surface area (TPSA) is 54.1 Å². The van der Waals surface area contributed by atoms with Crippen molar-refractivity contribution in [2.45, 2.75) is 18.5 Å². The number of benzene rings is 2. The van der Waals surface area contributed by atoms with Crippen LogP contribution in [-0.2, 0) is 16.0 Å². The van der Waals surface area contributed by atoms with E-state index in [0.717, 1.165) is 27.7 Å². The van der Waals surface area contributed by atoms with E-state index in [9.17, 15) is 9.18 Å². The molecule has 5 heteroatoms. The van der Waals surface area contributed by atoms with Crippen LogP contribution in [0.4, 0.5) is 4.39 Å². The first-order valence-corrected chi connectivity index (χ1v) is 7.86. The SMILES string of the molecule is COC(=O)[C@H]1Cc2c([nH]c3ccccc23)[C@H](c2ccc(F)cc2)N1. The Hall–Kier alpha value is -2.66. The van der Waals surface area contributed by atoms with Crippen molar-refractivity contribution >= 4 is 16.9 Å². The highest BCUT2D eigenvalue weighted by Crippen LogP contribution is 2.35. The monoisotopic (exact) mass is 324 g/mol.